The maximum atomic E-state index is 13.2. The predicted molar refractivity (Wildman–Crippen MR) is 124 cm³/mol. The summed E-state index contributed by atoms with van der Waals surface area (Å²) in [4.78, 5) is 22.3. The van der Waals surface area contributed by atoms with Gasteiger partial charge in [0.1, 0.15) is 17.1 Å². The fourth-order valence-corrected chi connectivity index (χ4v) is 4.77. The van der Waals surface area contributed by atoms with Crippen LogP contribution in [0.4, 0.5) is 5.82 Å². The second-order valence-corrected chi connectivity index (χ2v) is 8.58. The first kappa shape index (κ1) is 21.9. The first-order chi connectivity index (χ1) is 14.9. The molecule has 3 aromatic rings. The van der Waals surface area contributed by atoms with Crippen molar-refractivity contribution < 1.29 is 4.74 Å². The van der Waals surface area contributed by atoms with Crippen molar-refractivity contribution >= 4 is 40.2 Å². The van der Waals surface area contributed by atoms with E-state index >= 15 is 0 Å². The van der Waals surface area contributed by atoms with Gasteiger partial charge in [0.25, 0.3) is 0 Å². The van der Waals surface area contributed by atoms with Crippen molar-refractivity contribution in [3.63, 3.8) is 0 Å². The first-order valence-corrected chi connectivity index (χ1v) is 11.1. The lowest BCUT2D eigenvalue weighted by atomic mass is 10.2. The Morgan fingerprint density at radius 1 is 1.16 bits per heavy atom. The molecule has 1 aliphatic carbocycles. The number of ether oxygens (including phenoxy) is 1. The molecule has 1 fully saturated rings. The maximum Gasteiger partial charge on any atom is 0.334 e. The Balaban J connectivity index is 1.72. The molecule has 2 heterocycles. The van der Waals surface area contributed by atoms with E-state index in [1.54, 1.807) is 26.1 Å². The smallest absolute Gasteiger partial charge is 0.334 e. The summed E-state index contributed by atoms with van der Waals surface area (Å²) in [5, 5.41) is 7.52. The molecule has 0 atom stereocenters. The SMILES string of the molecule is COc1cc(Cl)c(-n2c(=O)n(C)c3c(NCCNC4CCCC4)nc(C)nc32)c(Cl)c1. The van der Waals surface area contributed by atoms with Crippen LogP contribution in [0.15, 0.2) is 16.9 Å². The number of nitrogens with one attached hydrogen (secondary N) is 2. The number of hydrogen-bond donors (Lipinski definition) is 2. The molecule has 4 rings (SSSR count). The van der Waals surface area contributed by atoms with Crippen molar-refractivity contribution in [2.24, 2.45) is 7.05 Å². The molecular formula is C21H26Cl2N6O2. The van der Waals surface area contributed by atoms with Crippen LogP contribution in [0.1, 0.15) is 31.5 Å². The van der Waals surface area contributed by atoms with Gasteiger partial charge in [-0.3, -0.25) is 4.57 Å². The monoisotopic (exact) mass is 464 g/mol. The molecule has 0 bridgehead atoms. The summed E-state index contributed by atoms with van der Waals surface area (Å²) in [6, 6.07) is 3.84. The lowest BCUT2D eigenvalue weighted by Crippen LogP contribution is -2.31. The minimum absolute atomic E-state index is 0.297. The minimum Gasteiger partial charge on any atom is -0.497 e. The van der Waals surface area contributed by atoms with Crippen LogP contribution in [0, 0.1) is 6.92 Å². The van der Waals surface area contributed by atoms with Gasteiger partial charge in [-0.05, 0) is 19.8 Å². The molecule has 2 aromatic heterocycles. The van der Waals surface area contributed by atoms with E-state index in [0.29, 0.717) is 56.9 Å². The Labute approximate surface area is 190 Å². The number of nitrogens with zero attached hydrogens (tertiary/aromatic N) is 4. The van der Waals surface area contributed by atoms with E-state index in [-0.39, 0.29) is 5.69 Å². The number of aromatic nitrogens is 4. The van der Waals surface area contributed by atoms with Gasteiger partial charge in [0.2, 0.25) is 0 Å². The standard InChI is InChI=1S/C21H26Cl2N6O2/c1-12-26-19(25-9-8-24-13-6-4-5-7-13)18-20(27-12)29(21(30)28(18)2)17-15(22)10-14(31-3)11-16(17)23/h10-11,13,24H,4-9H2,1-3H3,(H,25,26,27). The molecule has 0 amide bonds. The summed E-state index contributed by atoms with van der Waals surface area (Å²) < 4.78 is 8.16. The van der Waals surface area contributed by atoms with Crippen molar-refractivity contribution in [3.05, 3.63) is 38.5 Å². The average Bonchev–Trinajstić information content (AvgIpc) is 3.33. The third-order valence-corrected chi connectivity index (χ3v) is 6.23. The molecule has 10 heteroatoms. The average molecular weight is 465 g/mol. The summed E-state index contributed by atoms with van der Waals surface area (Å²) >= 11 is 12.9. The van der Waals surface area contributed by atoms with Crippen LogP contribution in [0.5, 0.6) is 5.75 Å². The van der Waals surface area contributed by atoms with Crippen molar-refractivity contribution in [2.75, 3.05) is 25.5 Å². The van der Waals surface area contributed by atoms with E-state index in [9.17, 15) is 4.79 Å². The lowest BCUT2D eigenvalue weighted by molar-refractivity contribution is 0.415. The molecular weight excluding hydrogens is 439 g/mol. The number of aryl methyl sites for hydroxylation is 2. The highest BCUT2D eigenvalue weighted by Crippen LogP contribution is 2.34. The van der Waals surface area contributed by atoms with Crippen LogP contribution in [-0.2, 0) is 7.05 Å². The maximum absolute atomic E-state index is 13.2. The van der Waals surface area contributed by atoms with E-state index < -0.39 is 0 Å². The number of fused-ring (bicyclic) bond motifs is 1. The topological polar surface area (TPSA) is 86.0 Å². The minimum atomic E-state index is -0.309. The lowest BCUT2D eigenvalue weighted by Gasteiger charge is -2.13. The normalized spacial score (nSPS) is 14.5. The number of anilines is 1. The number of methoxy groups -OCH3 is 1. The van der Waals surface area contributed by atoms with E-state index in [2.05, 4.69) is 20.6 Å². The summed E-state index contributed by atoms with van der Waals surface area (Å²) in [5.41, 5.74) is 1.10. The van der Waals surface area contributed by atoms with Crippen LogP contribution in [-0.4, -0.2) is 45.3 Å². The highest BCUT2D eigenvalue weighted by Gasteiger charge is 2.23. The fourth-order valence-electron chi connectivity index (χ4n) is 4.14. The number of hydrogen-bond acceptors (Lipinski definition) is 6. The van der Waals surface area contributed by atoms with Gasteiger partial charge in [0.15, 0.2) is 11.5 Å². The van der Waals surface area contributed by atoms with Crippen molar-refractivity contribution in [1.29, 1.82) is 0 Å². The summed E-state index contributed by atoms with van der Waals surface area (Å²) in [7, 11) is 3.22. The zero-order valence-electron chi connectivity index (χ0n) is 17.8. The van der Waals surface area contributed by atoms with E-state index in [1.807, 2.05) is 0 Å². The molecule has 166 valence electrons. The second kappa shape index (κ2) is 9.06. The molecule has 1 aromatic carbocycles. The summed E-state index contributed by atoms with van der Waals surface area (Å²) in [6.45, 7) is 3.30. The molecule has 1 saturated carbocycles. The summed E-state index contributed by atoms with van der Waals surface area (Å²) in [5.74, 6) is 1.66. The van der Waals surface area contributed by atoms with Gasteiger partial charge in [0.05, 0.1) is 22.8 Å². The number of halogens is 2. The zero-order chi connectivity index (χ0) is 22.1. The van der Waals surface area contributed by atoms with Gasteiger partial charge in [-0.2, -0.15) is 0 Å². The highest BCUT2D eigenvalue weighted by molar-refractivity contribution is 6.38. The fraction of sp³-hybridized carbons (Fsp3) is 0.476. The Morgan fingerprint density at radius 2 is 1.84 bits per heavy atom. The molecule has 0 unspecified atom stereocenters. The molecule has 0 aliphatic heterocycles. The third-order valence-electron chi connectivity index (χ3n) is 5.66. The first-order valence-electron chi connectivity index (χ1n) is 10.4. The molecule has 2 N–H and O–H groups in total. The predicted octanol–water partition coefficient (Wildman–Crippen LogP) is 3.69. The van der Waals surface area contributed by atoms with Crippen molar-refractivity contribution in [2.45, 2.75) is 38.6 Å². The van der Waals surface area contributed by atoms with Crippen molar-refractivity contribution in [1.82, 2.24) is 24.4 Å². The van der Waals surface area contributed by atoms with Gasteiger partial charge in [-0.15, -0.1) is 0 Å². The third kappa shape index (κ3) is 4.24. The van der Waals surface area contributed by atoms with Gasteiger partial charge < -0.3 is 15.4 Å². The quantitative estimate of drug-likeness (QED) is 0.518. The number of rotatable bonds is 7. The second-order valence-electron chi connectivity index (χ2n) is 7.77. The summed E-state index contributed by atoms with van der Waals surface area (Å²) in [6.07, 6.45) is 5.06. The van der Waals surface area contributed by atoms with Crippen LogP contribution in [0.2, 0.25) is 10.0 Å². The van der Waals surface area contributed by atoms with Crippen LogP contribution >= 0.6 is 23.2 Å². The largest absolute Gasteiger partial charge is 0.497 e. The van der Waals surface area contributed by atoms with Gasteiger partial charge >= 0.3 is 5.69 Å². The molecule has 0 spiro atoms. The van der Waals surface area contributed by atoms with Gasteiger partial charge in [0, 0.05) is 38.3 Å². The van der Waals surface area contributed by atoms with E-state index in [1.165, 1.54) is 41.9 Å². The Morgan fingerprint density at radius 3 is 2.48 bits per heavy atom. The molecule has 0 saturated heterocycles. The van der Waals surface area contributed by atoms with E-state index in [4.69, 9.17) is 27.9 Å². The highest BCUT2D eigenvalue weighted by atomic mass is 35.5. The van der Waals surface area contributed by atoms with E-state index in [0.717, 1.165) is 6.54 Å². The van der Waals surface area contributed by atoms with Gasteiger partial charge in [-0.1, -0.05) is 36.0 Å². The van der Waals surface area contributed by atoms with Gasteiger partial charge in [-0.25, -0.2) is 19.3 Å². The van der Waals surface area contributed by atoms with Crippen molar-refractivity contribution in [3.8, 4) is 11.4 Å². The van der Waals surface area contributed by atoms with Crippen LogP contribution < -0.4 is 21.1 Å². The Kier molecular flexibility index (Phi) is 6.41. The Bertz CT molecular complexity index is 1140. The zero-order valence-corrected chi connectivity index (χ0v) is 19.3. The molecule has 8 nitrogen and oxygen atoms in total. The van der Waals surface area contributed by atoms with Crippen LogP contribution in [0.3, 0.4) is 0 Å². The molecule has 31 heavy (non-hydrogen) atoms. The number of benzene rings is 1. The number of imidazole rings is 1. The molecule has 0 radical (unpaired) electrons. The van der Waals surface area contributed by atoms with Crippen LogP contribution in [0.25, 0.3) is 16.9 Å². The Hall–Kier alpha value is -2.29. The molecule has 1 aliphatic rings.